The fourth-order valence-corrected chi connectivity index (χ4v) is 6.67. The zero-order chi connectivity index (χ0) is 40.3. The summed E-state index contributed by atoms with van der Waals surface area (Å²) in [6.07, 6.45) is 0. The summed E-state index contributed by atoms with van der Waals surface area (Å²) >= 11 is 0. The molecule has 0 aliphatic heterocycles. The van der Waals surface area contributed by atoms with Gasteiger partial charge < -0.3 is 10.6 Å². The van der Waals surface area contributed by atoms with Crippen molar-refractivity contribution in [1.29, 1.82) is 5.26 Å². The Hall–Kier alpha value is -6.04. The lowest BCUT2D eigenvalue weighted by atomic mass is 10.1. The van der Waals surface area contributed by atoms with Crippen LogP contribution < -0.4 is 10.6 Å². The van der Waals surface area contributed by atoms with Crippen LogP contribution in [0.2, 0.25) is 0 Å². The summed E-state index contributed by atoms with van der Waals surface area (Å²) in [5.41, 5.74) is -0.0526. The standard InChI is InChI=1S/C31H24N8O12S4/c1-18-26(17-32)30(33-19-2-9-23(10-3-19)52(40,41)42)35-31(34-20-4-11-24(12-5-20)53(43,44)45)29(18)39-38-27-15-8-22(16-28(27)55(49,50)51)37-36-21-6-13-25(14-7-21)54(46,47)48/h2-16H,1H3,(H2,33,34,35)(H,40,41,42)(H,43,44,45)(H,46,47,48)(H,49,50,51). The minimum absolute atomic E-state index is 0.0865. The zero-order valence-electron chi connectivity index (χ0n) is 27.5. The molecule has 0 amide bonds. The molecule has 4 aromatic carbocycles. The average molecular weight is 829 g/mol. The minimum Gasteiger partial charge on any atom is -0.339 e. The molecule has 6 N–H and O–H groups in total. The van der Waals surface area contributed by atoms with E-state index in [1.54, 1.807) is 0 Å². The van der Waals surface area contributed by atoms with Gasteiger partial charge in [-0.05, 0) is 97.9 Å². The van der Waals surface area contributed by atoms with Gasteiger partial charge in [-0.3, -0.25) is 18.2 Å². The average Bonchev–Trinajstić information content (AvgIpc) is 3.10. The molecule has 55 heavy (non-hydrogen) atoms. The molecule has 0 spiro atoms. The number of azo groups is 2. The predicted octanol–water partition coefficient (Wildman–Crippen LogP) is 6.57. The van der Waals surface area contributed by atoms with Crippen LogP contribution in [0, 0.1) is 18.3 Å². The summed E-state index contributed by atoms with van der Waals surface area (Å²) < 4.78 is 131. The van der Waals surface area contributed by atoms with Gasteiger partial charge in [0.25, 0.3) is 40.5 Å². The molecule has 0 radical (unpaired) electrons. The van der Waals surface area contributed by atoms with Crippen LogP contribution in [-0.2, 0) is 40.5 Å². The Morgan fingerprint density at radius 1 is 0.564 bits per heavy atom. The maximum Gasteiger partial charge on any atom is 0.296 e. The first kappa shape index (κ1) is 40.2. The Kier molecular flexibility index (Phi) is 11.2. The van der Waals surface area contributed by atoms with Gasteiger partial charge in [0.1, 0.15) is 22.3 Å². The summed E-state index contributed by atoms with van der Waals surface area (Å²) in [6, 6.07) is 19.3. The van der Waals surface area contributed by atoms with E-state index < -0.39 is 65.7 Å². The lowest BCUT2D eigenvalue weighted by molar-refractivity contribution is 0.481. The van der Waals surface area contributed by atoms with Crippen molar-refractivity contribution in [3.63, 3.8) is 0 Å². The first-order valence-electron chi connectivity index (χ1n) is 14.8. The van der Waals surface area contributed by atoms with Gasteiger partial charge in [-0.1, -0.05) is 0 Å². The highest BCUT2D eigenvalue weighted by Crippen LogP contribution is 2.39. The van der Waals surface area contributed by atoms with E-state index in [-0.39, 0.29) is 51.2 Å². The third kappa shape index (κ3) is 9.94. The van der Waals surface area contributed by atoms with E-state index in [4.69, 9.17) is 4.55 Å². The third-order valence-corrected chi connectivity index (χ3v) is 10.7. The molecule has 24 heteroatoms. The van der Waals surface area contributed by atoms with Crippen molar-refractivity contribution in [2.24, 2.45) is 20.5 Å². The first-order chi connectivity index (χ1) is 25.6. The monoisotopic (exact) mass is 828 g/mol. The van der Waals surface area contributed by atoms with Crippen LogP contribution in [0.5, 0.6) is 0 Å². The lowest BCUT2D eigenvalue weighted by Gasteiger charge is -2.16. The van der Waals surface area contributed by atoms with E-state index in [0.717, 1.165) is 48.5 Å². The second kappa shape index (κ2) is 15.4. The highest BCUT2D eigenvalue weighted by Gasteiger charge is 2.21. The summed E-state index contributed by atoms with van der Waals surface area (Å²) in [7, 11) is -18.5. The van der Waals surface area contributed by atoms with E-state index in [2.05, 4.69) is 36.1 Å². The first-order valence-corrected chi connectivity index (χ1v) is 20.6. The maximum atomic E-state index is 12.4. The van der Waals surface area contributed by atoms with E-state index in [0.29, 0.717) is 0 Å². The molecule has 0 aliphatic carbocycles. The van der Waals surface area contributed by atoms with Gasteiger partial charge in [0, 0.05) is 16.9 Å². The molecule has 1 aromatic heterocycles. The Labute approximate surface area is 313 Å². The van der Waals surface area contributed by atoms with Gasteiger partial charge >= 0.3 is 0 Å². The number of hydrogen-bond acceptors (Lipinski definition) is 16. The molecular formula is C31H24N8O12S4. The predicted molar refractivity (Wildman–Crippen MR) is 194 cm³/mol. The number of benzene rings is 4. The number of hydrogen-bond donors (Lipinski definition) is 6. The van der Waals surface area contributed by atoms with Crippen molar-refractivity contribution in [1.82, 2.24) is 4.98 Å². The molecule has 1 heterocycles. The number of nitriles is 1. The van der Waals surface area contributed by atoms with Crippen molar-refractivity contribution in [2.45, 2.75) is 26.5 Å². The van der Waals surface area contributed by atoms with Gasteiger partial charge in [0.2, 0.25) is 0 Å². The van der Waals surface area contributed by atoms with Crippen LogP contribution in [0.4, 0.5) is 45.8 Å². The van der Waals surface area contributed by atoms with Gasteiger partial charge in [-0.25, -0.2) is 4.98 Å². The largest absolute Gasteiger partial charge is 0.339 e. The van der Waals surface area contributed by atoms with E-state index in [1.165, 1.54) is 49.4 Å². The van der Waals surface area contributed by atoms with Crippen LogP contribution >= 0.6 is 0 Å². The molecule has 20 nitrogen and oxygen atoms in total. The quantitative estimate of drug-likeness (QED) is 0.0572. The summed E-state index contributed by atoms with van der Waals surface area (Å²) in [5.74, 6) is -0.215. The molecule has 0 saturated carbocycles. The highest BCUT2D eigenvalue weighted by atomic mass is 32.2. The molecule has 0 fully saturated rings. The van der Waals surface area contributed by atoms with E-state index in [9.17, 15) is 52.6 Å². The molecule has 0 atom stereocenters. The molecule has 5 rings (SSSR count). The fourth-order valence-electron chi connectivity index (χ4n) is 4.58. The Bertz CT molecular complexity index is 2860. The van der Waals surface area contributed by atoms with E-state index >= 15 is 0 Å². The SMILES string of the molecule is Cc1c(C#N)c(Nc2ccc(S(=O)(=O)O)cc2)nc(Nc2ccc(S(=O)(=O)O)cc2)c1N=Nc1ccc(N=Nc2ccc(S(=O)(=O)O)cc2)cc1S(=O)(=O)O. The van der Waals surface area contributed by atoms with Gasteiger partial charge in [-0.15, -0.1) is 10.2 Å². The summed E-state index contributed by atoms with van der Waals surface area (Å²) in [6.45, 7) is 1.45. The molecule has 284 valence electrons. The Morgan fingerprint density at radius 3 is 1.45 bits per heavy atom. The van der Waals surface area contributed by atoms with E-state index in [1.807, 2.05) is 6.07 Å². The van der Waals surface area contributed by atoms with Gasteiger partial charge in [0.15, 0.2) is 11.6 Å². The van der Waals surface area contributed by atoms with Crippen LogP contribution in [0.1, 0.15) is 11.1 Å². The van der Waals surface area contributed by atoms with Crippen molar-refractivity contribution >= 4 is 86.2 Å². The smallest absolute Gasteiger partial charge is 0.296 e. The molecule has 0 unspecified atom stereocenters. The normalized spacial score (nSPS) is 12.5. The second-order valence-corrected chi connectivity index (χ2v) is 16.7. The fraction of sp³-hybridized carbons (Fsp3) is 0.0323. The second-order valence-electron chi connectivity index (χ2n) is 11.0. The highest BCUT2D eigenvalue weighted by molar-refractivity contribution is 7.86. The van der Waals surface area contributed by atoms with Crippen LogP contribution in [0.3, 0.4) is 0 Å². The van der Waals surface area contributed by atoms with Crippen LogP contribution in [0.15, 0.2) is 131 Å². The number of nitrogens with one attached hydrogen (secondary N) is 2. The van der Waals surface area contributed by atoms with Crippen LogP contribution in [-0.4, -0.2) is 56.9 Å². The minimum atomic E-state index is -4.98. The summed E-state index contributed by atoms with van der Waals surface area (Å²) in [4.78, 5) is 2.45. The van der Waals surface area contributed by atoms with Gasteiger partial charge in [0.05, 0.1) is 31.6 Å². The number of pyridine rings is 1. The topological polar surface area (TPSA) is 328 Å². The number of nitrogens with zero attached hydrogens (tertiary/aromatic N) is 6. The maximum absolute atomic E-state index is 12.4. The zero-order valence-corrected chi connectivity index (χ0v) is 30.8. The lowest BCUT2D eigenvalue weighted by Crippen LogP contribution is -2.05. The third-order valence-electron chi connectivity index (χ3n) is 7.25. The van der Waals surface area contributed by atoms with Gasteiger partial charge in [-0.2, -0.15) is 49.2 Å². The van der Waals surface area contributed by atoms with Crippen molar-refractivity contribution in [2.75, 3.05) is 10.6 Å². The summed E-state index contributed by atoms with van der Waals surface area (Å²) in [5, 5.41) is 31.8. The molecular weight excluding hydrogens is 805 g/mol. The number of rotatable bonds is 12. The van der Waals surface area contributed by atoms with Crippen LogP contribution in [0.25, 0.3) is 0 Å². The van der Waals surface area contributed by atoms with Crippen molar-refractivity contribution < 1.29 is 51.9 Å². The number of anilines is 4. The Balaban J connectivity index is 1.57. The molecule has 5 aromatic rings. The van der Waals surface area contributed by atoms with Crippen molar-refractivity contribution in [3.05, 3.63) is 102 Å². The number of aromatic nitrogens is 1. The Morgan fingerprint density at radius 2 is 1.00 bits per heavy atom. The van der Waals surface area contributed by atoms with Crippen molar-refractivity contribution in [3.8, 4) is 6.07 Å². The molecule has 0 saturated heterocycles. The molecule has 0 bridgehead atoms. The molecule has 0 aliphatic rings.